The summed E-state index contributed by atoms with van der Waals surface area (Å²) >= 11 is 0. The Hall–Kier alpha value is -3.02. The lowest BCUT2D eigenvalue weighted by Crippen LogP contribution is -2.44. The van der Waals surface area contributed by atoms with Crippen LogP contribution < -0.4 is 20.3 Å². The number of carbonyl (C=O) groups is 2. The molecule has 0 aromatic heterocycles. The maximum atomic E-state index is 12.3. The van der Waals surface area contributed by atoms with Gasteiger partial charge in [-0.15, -0.1) is 0 Å². The lowest BCUT2D eigenvalue weighted by molar-refractivity contribution is -0.125. The molecule has 0 aliphatic carbocycles. The van der Waals surface area contributed by atoms with Crippen LogP contribution in [-0.2, 0) is 4.79 Å². The number of benzene rings is 2. The van der Waals surface area contributed by atoms with Crippen molar-refractivity contribution in [2.45, 2.75) is 26.4 Å². The third kappa shape index (κ3) is 3.74. The van der Waals surface area contributed by atoms with Crippen molar-refractivity contribution in [3.63, 3.8) is 0 Å². The molecule has 0 radical (unpaired) electrons. The van der Waals surface area contributed by atoms with E-state index in [1.807, 2.05) is 37.3 Å². The number of para-hydroxylation sites is 1. The highest BCUT2D eigenvalue weighted by atomic mass is 16.5. The average molecular weight is 339 g/mol. The summed E-state index contributed by atoms with van der Waals surface area (Å²) in [4.78, 5) is 26.1. The van der Waals surface area contributed by atoms with E-state index in [9.17, 15) is 9.59 Å². The molecule has 6 heteroatoms. The minimum atomic E-state index is -0.535. The molecule has 1 unspecified atom stereocenters. The Morgan fingerprint density at radius 2 is 1.84 bits per heavy atom. The maximum Gasteiger partial charge on any atom is 0.323 e. The minimum absolute atomic E-state index is 0.0446. The van der Waals surface area contributed by atoms with Crippen LogP contribution in [0.3, 0.4) is 0 Å². The molecule has 1 heterocycles. The second-order valence-corrected chi connectivity index (χ2v) is 5.88. The van der Waals surface area contributed by atoms with Gasteiger partial charge in [-0.25, -0.2) is 4.79 Å². The fourth-order valence-electron chi connectivity index (χ4n) is 2.76. The lowest BCUT2D eigenvalue weighted by atomic mass is 10.1. The Kier molecular flexibility index (Phi) is 4.88. The molecule has 2 N–H and O–H groups in total. The number of nitrogens with zero attached hydrogens (tertiary/aromatic N) is 1. The number of hydrogen-bond acceptors (Lipinski definition) is 3. The van der Waals surface area contributed by atoms with Gasteiger partial charge in [0.25, 0.3) is 5.91 Å². The number of urea groups is 1. The number of carbonyl (C=O) groups excluding carboxylic acids is 2. The van der Waals surface area contributed by atoms with E-state index in [1.54, 1.807) is 30.0 Å². The van der Waals surface area contributed by atoms with Gasteiger partial charge in [0, 0.05) is 24.0 Å². The van der Waals surface area contributed by atoms with E-state index in [1.165, 1.54) is 0 Å². The van der Waals surface area contributed by atoms with Crippen molar-refractivity contribution in [1.29, 1.82) is 0 Å². The highest BCUT2D eigenvalue weighted by Crippen LogP contribution is 2.36. The quantitative estimate of drug-likeness (QED) is 0.889. The van der Waals surface area contributed by atoms with E-state index in [-0.39, 0.29) is 11.9 Å². The summed E-state index contributed by atoms with van der Waals surface area (Å²) in [6.07, 6.45) is 0.324. The summed E-state index contributed by atoms with van der Waals surface area (Å²) in [6.45, 7) is 4.40. The molecular formula is C19H21N3O3. The molecule has 1 atom stereocenters. The largest absolute Gasteiger partial charge is 0.479 e. The molecule has 3 rings (SSSR count). The van der Waals surface area contributed by atoms with Gasteiger partial charge in [0.15, 0.2) is 6.10 Å². The van der Waals surface area contributed by atoms with E-state index in [0.717, 1.165) is 12.1 Å². The summed E-state index contributed by atoms with van der Waals surface area (Å²) in [5.74, 6) is 0.551. The Morgan fingerprint density at radius 3 is 2.56 bits per heavy atom. The summed E-state index contributed by atoms with van der Waals surface area (Å²) in [6, 6.07) is 14.2. The SMILES string of the molecule is CCCN1C(=O)C(C)Oc2cc(NC(=O)Nc3ccccc3)ccc21. The van der Waals surface area contributed by atoms with Crippen molar-refractivity contribution in [3.05, 3.63) is 48.5 Å². The molecule has 0 bridgehead atoms. The molecule has 25 heavy (non-hydrogen) atoms. The van der Waals surface area contributed by atoms with Crippen LogP contribution in [0.4, 0.5) is 21.9 Å². The van der Waals surface area contributed by atoms with E-state index in [2.05, 4.69) is 10.6 Å². The molecule has 0 spiro atoms. The van der Waals surface area contributed by atoms with Crippen molar-refractivity contribution in [1.82, 2.24) is 0 Å². The van der Waals surface area contributed by atoms with Crippen LogP contribution in [0.2, 0.25) is 0 Å². The van der Waals surface area contributed by atoms with Gasteiger partial charge in [-0.3, -0.25) is 4.79 Å². The molecule has 0 saturated heterocycles. The Bertz CT molecular complexity index is 777. The van der Waals surface area contributed by atoms with Crippen LogP contribution in [0, 0.1) is 0 Å². The fourth-order valence-corrected chi connectivity index (χ4v) is 2.76. The predicted octanol–water partition coefficient (Wildman–Crippen LogP) is 3.85. The molecule has 0 fully saturated rings. The number of fused-ring (bicyclic) bond motifs is 1. The number of ether oxygens (including phenoxy) is 1. The number of hydrogen-bond donors (Lipinski definition) is 2. The van der Waals surface area contributed by atoms with Crippen molar-refractivity contribution in [2.24, 2.45) is 0 Å². The first-order valence-corrected chi connectivity index (χ1v) is 8.33. The third-order valence-corrected chi connectivity index (χ3v) is 3.90. The number of anilines is 3. The molecule has 6 nitrogen and oxygen atoms in total. The summed E-state index contributed by atoms with van der Waals surface area (Å²) in [5, 5.41) is 5.54. The van der Waals surface area contributed by atoms with Gasteiger partial charge in [-0.2, -0.15) is 0 Å². The van der Waals surface area contributed by atoms with Gasteiger partial charge in [0.2, 0.25) is 0 Å². The first-order chi connectivity index (χ1) is 12.1. The lowest BCUT2D eigenvalue weighted by Gasteiger charge is -2.33. The fraction of sp³-hybridized carbons (Fsp3) is 0.263. The van der Waals surface area contributed by atoms with E-state index in [0.29, 0.717) is 23.7 Å². The number of nitrogens with one attached hydrogen (secondary N) is 2. The minimum Gasteiger partial charge on any atom is -0.479 e. The van der Waals surface area contributed by atoms with Crippen molar-refractivity contribution in [2.75, 3.05) is 22.1 Å². The summed E-state index contributed by atoms with van der Waals surface area (Å²) in [5.41, 5.74) is 2.05. The first kappa shape index (κ1) is 16.8. The second-order valence-electron chi connectivity index (χ2n) is 5.88. The van der Waals surface area contributed by atoms with Crippen LogP contribution in [0.25, 0.3) is 0 Å². The number of rotatable bonds is 4. The predicted molar refractivity (Wildman–Crippen MR) is 98.3 cm³/mol. The zero-order valence-corrected chi connectivity index (χ0v) is 14.3. The van der Waals surface area contributed by atoms with E-state index >= 15 is 0 Å². The van der Waals surface area contributed by atoms with Crippen LogP contribution >= 0.6 is 0 Å². The molecule has 1 aliphatic heterocycles. The van der Waals surface area contributed by atoms with Crippen molar-refractivity contribution >= 4 is 29.0 Å². The van der Waals surface area contributed by atoms with E-state index < -0.39 is 6.10 Å². The molecule has 130 valence electrons. The zero-order valence-electron chi connectivity index (χ0n) is 14.3. The van der Waals surface area contributed by atoms with Gasteiger partial charge in [0.1, 0.15) is 5.75 Å². The van der Waals surface area contributed by atoms with Crippen LogP contribution in [-0.4, -0.2) is 24.6 Å². The maximum absolute atomic E-state index is 12.3. The highest BCUT2D eigenvalue weighted by Gasteiger charge is 2.31. The molecule has 0 saturated carbocycles. The van der Waals surface area contributed by atoms with Gasteiger partial charge in [-0.1, -0.05) is 25.1 Å². The molecule has 2 aromatic rings. The van der Waals surface area contributed by atoms with Crippen LogP contribution in [0.15, 0.2) is 48.5 Å². The standard InChI is InChI=1S/C19H21N3O3/c1-3-11-22-16-10-9-15(12-17(16)25-13(2)18(22)23)21-19(24)20-14-7-5-4-6-8-14/h4-10,12-13H,3,11H2,1-2H3,(H2,20,21,24). The Morgan fingerprint density at radius 1 is 1.12 bits per heavy atom. The summed E-state index contributed by atoms with van der Waals surface area (Å²) < 4.78 is 5.70. The Labute approximate surface area is 146 Å². The Balaban J connectivity index is 1.75. The van der Waals surface area contributed by atoms with Gasteiger partial charge < -0.3 is 20.3 Å². The second kappa shape index (κ2) is 7.25. The number of amides is 3. The normalized spacial score (nSPS) is 16.0. The monoisotopic (exact) mass is 339 g/mol. The molecule has 1 aliphatic rings. The van der Waals surface area contributed by atoms with Crippen LogP contribution in [0.5, 0.6) is 5.75 Å². The van der Waals surface area contributed by atoms with Crippen molar-refractivity contribution in [3.8, 4) is 5.75 Å². The van der Waals surface area contributed by atoms with Gasteiger partial charge >= 0.3 is 6.03 Å². The molecule has 3 amide bonds. The van der Waals surface area contributed by atoms with Crippen LogP contribution in [0.1, 0.15) is 20.3 Å². The third-order valence-electron chi connectivity index (χ3n) is 3.90. The smallest absolute Gasteiger partial charge is 0.323 e. The molecule has 2 aromatic carbocycles. The topological polar surface area (TPSA) is 70.7 Å². The van der Waals surface area contributed by atoms with Gasteiger partial charge in [0.05, 0.1) is 5.69 Å². The average Bonchev–Trinajstić information content (AvgIpc) is 2.59. The van der Waals surface area contributed by atoms with Crippen molar-refractivity contribution < 1.29 is 14.3 Å². The van der Waals surface area contributed by atoms with Gasteiger partial charge in [-0.05, 0) is 37.6 Å². The zero-order chi connectivity index (χ0) is 17.8. The highest BCUT2D eigenvalue weighted by molar-refractivity contribution is 6.02. The van der Waals surface area contributed by atoms with E-state index in [4.69, 9.17) is 4.74 Å². The summed E-state index contributed by atoms with van der Waals surface area (Å²) in [7, 11) is 0. The molecular weight excluding hydrogens is 318 g/mol. The first-order valence-electron chi connectivity index (χ1n) is 8.33.